The van der Waals surface area contributed by atoms with E-state index in [9.17, 15) is 0 Å². The molecule has 0 atom stereocenters. The summed E-state index contributed by atoms with van der Waals surface area (Å²) in [6, 6.07) is 18.8. The van der Waals surface area contributed by atoms with Crippen molar-refractivity contribution >= 4 is 27.2 Å². The Bertz CT molecular complexity index is 837. The molecule has 0 saturated carbocycles. The third-order valence-corrected chi connectivity index (χ3v) is 3.21. The molecule has 0 bridgehead atoms. The van der Waals surface area contributed by atoms with Crippen LogP contribution in [0.15, 0.2) is 60.8 Å². The molecule has 4 rings (SSSR count). The highest BCUT2D eigenvalue weighted by molar-refractivity contribution is 6.09. The van der Waals surface area contributed by atoms with E-state index in [1.54, 1.807) is 0 Å². The summed E-state index contributed by atoms with van der Waals surface area (Å²) >= 11 is 0. The number of pyridine rings is 1. The monoisotopic (exact) mass is 218 g/mol. The Balaban J connectivity index is 2.38. The summed E-state index contributed by atoms with van der Waals surface area (Å²) in [7, 11) is 0. The normalized spacial score (nSPS) is 11.5. The highest BCUT2D eigenvalue weighted by Gasteiger charge is 2.06. The van der Waals surface area contributed by atoms with Crippen LogP contribution in [0.2, 0.25) is 0 Å². The van der Waals surface area contributed by atoms with Crippen LogP contribution in [0.3, 0.4) is 0 Å². The molecule has 0 spiro atoms. The zero-order chi connectivity index (χ0) is 11.2. The summed E-state index contributed by atoms with van der Waals surface area (Å²) < 4.78 is 1.97. The molecule has 0 aliphatic carbocycles. The fourth-order valence-electron chi connectivity index (χ4n) is 2.44. The molecule has 2 aromatic heterocycles. The minimum atomic E-state index is 1.05. The highest BCUT2D eigenvalue weighted by Crippen LogP contribution is 2.26. The summed E-state index contributed by atoms with van der Waals surface area (Å²) in [5, 5.41) is 8.30. The first-order valence-electron chi connectivity index (χ1n) is 5.68. The average Bonchev–Trinajstić information content (AvgIpc) is 2.77. The molecule has 0 aliphatic heterocycles. The standard InChI is InChI=1S/C15H10N2/c1-2-6-12-11(5-1)9-10-17-15(12)13-7-3-4-8-14(13)16-17/h1-10H. The topological polar surface area (TPSA) is 17.3 Å². The van der Waals surface area contributed by atoms with Gasteiger partial charge in [0.1, 0.15) is 0 Å². The first-order valence-corrected chi connectivity index (χ1v) is 5.68. The molecule has 0 radical (unpaired) electrons. The van der Waals surface area contributed by atoms with E-state index in [0.717, 1.165) is 5.52 Å². The van der Waals surface area contributed by atoms with E-state index < -0.39 is 0 Å². The van der Waals surface area contributed by atoms with E-state index in [2.05, 4.69) is 53.6 Å². The van der Waals surface area contributed by atoms with Crippen molar-refractivity contribution in [3.63, 3.8) is 0 Å². The SMILES string of the molecule is c1ccc2c(c1)ccn1nc3ccccc3c21. The van der Waals surface area contributed by atoms with Gasteiger partial charge < -0.3 is 0 Å². The first kappa shape index (κ1) is 8.76. The summed E-state index contributed by atoms with van der Waals surface area (Å²) in [4.78, 5) is 0. The van der Waals surface area contributed by atoms with Crippen LogP contribution in [0.5, 0.6) is 0 Å². The van der Waals surface area contributed by atoms with E-state index in [0.29, 0.717) is 0 Å². The van der Waals surface area contributed by atoms with Crippen molar-refractivity contribution in [3.05, 3.63) is 60.8 Å². The van der Waals surface area contributed by atoms with Crippen LogP contribution < -0.4 is 0 Å². The average molecular weight is 218 g/mol. The fraction of sp³-hybridized carbons (Fsp3) is 0. The Hall–Kier alpha value is -2.35. The minimum absolute atomic E-state index is 1.05. The molecule has 4 aromatic rings. The predicted octanol–water partition coefficient (Wildman–Crippen LogP) is 3.64. The summed E-state index contributed by atoms with van der Waals surface area (Å²) in [5.41, 5.74) is 2.24. The largest absolute Gasteiger partial charge is 0.239 e. The second-order valence-electron chi connectivity index (χ2n) is 4.21. The van der Waals surface area contributed by atoms with E-state index in [1.165, 1.54) is 21.7 Å². The van der Waals surface area contributed by atoms with Gasteiger partial charge >= 0.3 is 0 Å². The molecular formula is C15H10N2. The van der Waals surface area contributed by atoms with Crippen molar-refractivity contribution in [2.45, 2.75) is 0 Å². The van der Waals surface area contributed by atoms with Gasteiger partial charge in [0.2, 0.25) is 0 Å². The summed E-state index contributed by atoms with van der Waals surface area (Å²) in [6.07, 6.45) is 2.03. The van der Waals surface area contributed by atoms with Gasteiger partial charge in [0, 0.05) is 17.0 Å². The van der Waals surface area contributed by atoms with E-state index in [4.69, 9.17) is 0 Å². The minimum Gasteiger partial charge on any atom is -0.239 e. The highest BCUT2D eigenvalue weighted by atomic mass is 15.2. The van der Waals surface area contributed by atoms with Crippen LogP contribution >= 0.6 is 0 Å². The van der Waals surface area contributed by atoms with E-state index in [-0.39, 0.29) is 0 Å². The Morgan fingerprint density at radius 1 is 0.765 bits per heavy atom. The van der Waals surface area contributed by atoms with Crippen molar-refractivity contribution in [3.8, 4) is 0 Å². The Morgan fingerprint density at radius 2 is 1.53 bits per heavy atom. The number of fused-ring (bicyclic) bond motifs is 5. The molecule has 0 unspecified atom stereocenters. The van der Waals surface area contributed by atoms with E-state index >= 15 is 0 Å². The third kappa shape index (κ3) is 1.12. The van der Waals surface area contributed by atoms with Crippen molar-refractivity contribution in [2.75, 3.05) is 0 Å². The second-order valence-corrected chi connectivity index (χ2v) is 4.21. The van der Waals surface area contributed by atoms with Crippen LogP contribution in [-0.2, 0) is 0 Å². The van der Waals surface area contributed by atoms with Crippen LogP contribution in [0, 0.1) is 0 Å². The lowest BCUT2D eigenvalue weighted by Gasteiger charge is -2.00. The van der Waals surface area contributed by atoms with E-state index in [1.807, 2.05) is 16.8 Å². The number of hydrogen-bond donors (Lipinski definition) is 0. The maximum Gasteiger partial charge on any atom is 0.0934 e. The molecule has 2 nitrogen and oxygen atoms in total. The number of benzene rings is 2. The maximum atomic E-state index is 4.58. The fourth-order valence-corrected chi connectivity index (χ4v) is 2.44. The Kier molecular flexibility index (Phi) is 1.59. The quantitative estimate of drug-likeness (QED) is 0.440. The maximum absolute atomic E-state index is 4.58. The number of hydrogen-bond acceptors (Lipinski definition) is 1. The van der Waals surface area contributed by atoms with Gasteiger partial charge in [0.25, 0.3) is 0 Å². The number of aromatic nitrogens is 2. The molecule has 2 heterocycles. The van der Waals surface area contributed by atoms with Crippen molar-refractivity contribution in [1.82, 2.24) is 9.61 Å². The van der Waals surface area contributed by atoms with Gasteiger partial charge in [-0.1, -0.05) is 42.5 Å². The van der Waals surface area contributed by atoms with Crippen LogP contribution in [0.1, 0.15) is 0 Å². The van der Waals surface area contributed by atoms with Gasteiger partial charge in [0.05, 0.1) is 11.0 Å². The lowest BCUT2D eigenvalue weighted by atomic mass is 10.1. The smallest absolute Gasteiger partial charge is 0.0934 e. The number of nitrogens with zero attached hydrogens (tertiary/aromatic N) is 2. The second kappa shape index (κ2) is 3.08. The van der Waals surface area contributed by atoms with Crippen molar-refractivity contribution in [1.29, 1.82) is 0 Å². The van der Waals surface area contributed by atoms with Crippen molar-refractivity contribution < 1.29 is 0 Å². The lowest BCUT2D eigenvalue weighted by molar-refractivity contribution is 0.988. The molecular weight excluding hydrogens is 208 g/mol. The number of rotatable bonds is 0. The predicted molar refractivity (Wildman–Crippen MR) is 70.2 cm³/mol. The lowest BCUT2D eigenvalue weighted by Crippen LogP contribution is -1.86. The zero-order valence-electron chi connectivity index (χ0n) is 9.17. The summed E-state index contributed by atoms with van der Waals surface area (Å²) in [5.74, 6) is 0. The molecule has 0 fully saturated rings. The van der Waals surface area contributed by atoms with Gasteiger partial charge in [0.15, 0.2) is 0 Å². The third-order valence-electron chi connectivity index (χ3n) is 3.21. The molecule has 2 heteroatoms. The molecule has 80 valence electrons. The Labute approximate surface area is 98.1 Å². The van der Waals surface area contributed by atoms with Crippen LogP contribution in [0.25, 0.3) is 27.2 Å². The molecule has 2 aromatic carbocycles. The van der Waals surface area contributed by atoms with Crippen molar-refractivity contribution in [2.24, 2.45) is 0 Å². The van der Waals surface area contributed by atoms with Gasteiger partial charge in [-0.25, -0.2) is 4.52 Å². The molecule has 0 aliphatic rings. The van der Waals surface area contributed by atoms with Gasteiger partial charge in [-0.05, 0) is 17.5 Å². The summed E-state index contributed by atoms with van der Waals surface area (Å²) in [6.45, 7) is 0. The molecule has 17 heavy (non-hydrogen) atoms. The van der Waals surface area contributed by atoms with Gasteiger partial charge in [-0.2, -0.15) is 5.10 Å². The molecule has 0 saturated heterocycles. The molecule has 0 amide bonds. The van der Waals surface area contributed by atoms with Gasteiger partial charge in [-0.3, -0.25) is 0 Å². The zero-order valence-corrected chi connectivity index (χ0v) is 9.17. The van der Waals surface area contributed by atoms with Gasteiger partial charge in [-0.15, -0.1) is 0 Å². The van der Waals surface area contributed by atoms with Crippen LogP contribution in [-0.4, -0.2) is 9.61 Å². The Morgan fingerprint density at radius 3 is 2.47 bits per heavy atom. The van der Waals surface area contributed by atoms with Crippen LogP contribution in [0.4, 0.5) is 0 Å². The first-order chi connectivity index (χ1) is 8.43. The molecule has 0 N–H and O–H groups in total.